The molecule has 0 heterocycles. The quantitative estimate of drug-likeness (QED) is 0.386. The Morgan fingerprint density at radius 3 is 2.50 bits per heavy atom. The number of hydrogen-bond donors (Lipinski definition) is 2. The van der Waals surface area contributed by atoms with Crippen LogP contribution < -0.4 is 10.6 Å². The summed E-state index contributed by atoms with van der Waals surface area (Å²) in [5.41, 5.74) is 0.938. The minimum absolute atomic E-state index is 0. The Kier molecular flexibility index (Phi) is 10.5. The summed E-state index contributed by atoms with van der Waals surface area (Å²) in [6.45, 7) is 8.66. The summed E-state index contributed by atoms with van der Waals surface area (Å²) in [5.74, 6) is 0.361. The standard InChI is InChI=1S/C18H29FN4O2.HI/c1-13-7-8-14(11-15(13)19)12-22-16(20-5)21-9-10-23(6)17(24)25-18(2,3)4;/h7-8,11H,9-10,12H2,1-6H3,(H2,20,21,22);1H. The van der Waals surface area contributed by atoms with Crippen molar-refractivity contribution in [2.75, 3.05) is 27.2 Å². The lowest BCUT2D eigenvalue weighted by Crippen LogP contribution is -2.42. The molecule has 2 N–H and O–H groups in total. The molecule has 26 heavy (non-hydrogen) atoms. The maximum Gasteiger partial charge on any atom is 0.410 e. The molecule has 0 aliphatic carbocycles. The minimum atomic E-state index is -0.514. The predicted octanol–water partition coefficient (Wildman–Crippen LogP) is 3.28. The highest BCUT2D eigenvalue weighted by atomic mass is 127. The van der Waals surface area contributed by atoms with Crippen LogP contribution in [0.1, 0.15) is 31.9 Å². The molecule has 0 fully saturated rings. The van der Waals surface area contributed by atoms with E-state index in [1.165, 1.54) is 11.0 Å². The largest absolute Gasteiger partial charge is 0.444 e. The summed E-state index contributed by atoms with van der Waals surface area (Å²) >= 11 is 0. The predicted molar refractivity (Wildman–Crippen MR) is 114 cm³/mol. The van der Waals surface area contributed by atoms with E-state index in [9.17, 15) is 9.18 Å². The molecular weight excluding hydrogens is 450 g/mol. The van der Waals surface area contributed by atoms with Crippen molar-refractivity contribution >= 4 is 36.0 Å². The molecule has 1 rings (SSSR count). The molecule has 0 aliphatic rings. The van der Waals surface area contributed by atoms with Gasteiger partial charge in [0, 0.05) is 33.7 Å². The lowest BCUT2D eigenvalue weighted by Gasteiger charge is -2.24. The molecule has 8 heteroatoms. The van der Waals surface area contributed by atoms with Gasteiger partial charge in [-0.1, -0.05) is 12.1 Å². The van der Waals surface area contributed by atoms with E-state index in [1.54, 1.807) is 27.1 Å². The molecule has 1 aromatic rings. The molecule has 0 spiro atoms. The molecule has 0 unspecified atom stereocenters. The third kappa shape index (κ3) is 9.21. The van der Waals surface area contributed by atoms with E-state index in [1.807, 2.05) is 26.8 Å². The Morgan fingerprint density at radius 1 is 1.31 bits per heavy atom. The van der Waals surface area contributed by atoms with Crippen LogP contribution in [-0.4, -0.2) is 49.7 Å². The van der Waals surface area contributed by atoms with Crippen LogP contribution in [0.25, 0.3) is 0 Å². The molecule has 0 atom stereocenters. The zero-order valence-corrected chi connectivity index (χ0v) is 18.7. The van der Waals surface area contributed by atoms with Gasteiger partial charge in [-0.3, -0.25) is 4.99 Å². The fourth-order valence-electron chi connectivity index (χ4n) is 1.93. The Hall–Kier alpha value is -1.58. The first kappa shape index (κ1) is 24.4. The van der Waals surface area contributed by atoms with Crippen LogP contribution in [0.5, 0.6) is 0 Å². The fraction of sp³-hybridized carbons (Fsp3) is 0.556. The molecule has 0 aliphatic heterocycles. The van der Waals surface area contributed by atoms with Gasteiger partial charge < -0.3 is 20.3 Å². The van der Waals surface area contributed by atoms with Gasteiger partial charge >= 0.3 is 6.09 Å². The highest BCUT2D eigenvalue weighted by Crippen LogP contribution is 2.09. The second kappa shape index (κ2) is 11.2. The number of nitrogens with one attached hydrogen (secondary N) is 2. The lowest BCUT2D eigenvalue weighted by atomic mass is 10.1. The van der Waals surface area contributed by atoms with E-state index in [4.69, 9.17) is 4.74 Å². The summed E-state index contributed by atoms with van der Waals surface area (Å²) < 4.78 is 18.8. The van der Waals surface area contributed by atoms with Crippen LogP contribution in [0, 0.1) is 12.7 Å². The molecule has 148 valence electrons. The van der Waals surface area contributed by atoms with Gasteiger partial charge in [0.25, 0.3) is 0 Å². The number of rotatable bonds is 5. The average molecular weight is 480 g/mol. The SMILES string of the molecule is CN=C(NCCN(C)C(=O)OC(C)(C)C)NCc1ccc(C)c(F)c1.I. The first-order chi connectivity index (χ1) is 11.6. The van der Waals surface area contributed by atoms with Crippen molar-refractivity contribution in [3.63, 3.8) is 0 Å². The van der Waals surface area contributed by atoms with Crippen molar-refractivity contribution < 1.29 is 13.9 Å². The Labute approximate surface area is 172 Å². The topological polar surface area (TPSA) is 66.0 Å². The van der Waals surface area contributed by atoms with E-state index in [-0.39, 0.29) is 35.9 Å². The van der Waals surface area contributed by atoms with Gasteiger partial charge in [-0.2, -0.15) is 0 Å². The van der Waals surface area contributed by atoms with Crippen molar-refractivity contribution in [3.05, 3.63) is 35.1 Å². The highest BCUT2D eigenvalue weighted by molar-refractivity contribution is 14.0. The number of ether oxygens (including phenoxy) is 1. The zero-order valence-electron chi connectivity index (χ0n) is 16.4. The number of nitrogens with zero attached hydrogens (tertiary/aromatic N) is 2. The molecule has 1 amide bonds. The van der Waals surface area contributed by atoms with Crippen LogP contribution in [0.3, 0.4) is 0 Å². The first-order valence-corrected chi connectivity index (χ1v) is 8.26. The van der Waals surface area contributed by atoms with Crippen LogP contribution in [-0.2, 0) is 11.3 Å². The summed E-state index contributed by atoms with van der Waals surface area (Å²) in [6, 6.07) is 5.12. The summed E-state index contributed by atoms with van der Waals surface area (Å²) in [7, 11) is 3.34. The Bertz CT molecular complexity index is 618. The van der Waals surface area contributed by atoms with Gasteiger partial charge in [0.2, 0.25) is 0 Å². The van der Waals surface area contributed by atoms with Crippen molar-refractivity contribution in [2.24, 2.45) is 4.99 Å². The lowest BCUT2D eigenvalue weighted by molar-refractivity contribution is 0.0302. The number of benzene rings is 1. The Morgan fingerprint density at radius 2 is 1.96 bits per heavy atom. The van der Waals surface area contributed by atoms with Gasteiger partial charge in [-0.25, -0.2) is 9.18 Å². The van der Waals surface area contributed by atoms with E-state index in [0.717, 1.165) is 5.56 Å². The zero-order chi connectivity index (χ0) is 19.0. The molecule has 0 bridgehead atoms. The molecular formula is C18H30FIN4O2. The molecule has 0 saturated carbocycles. The monoisotopic (exact) mass is 480 g/mol. The third-order valence-electron chi connectivity index (χ3n) is 3.36. The number of halogens is 2. The van der Waals surface area contributed by atoms with E-state index >= 15 is 0 Å². The van der Waals surface area contributed by atoms with Crippen molar-refractivity contribution in [1.82, 2.24) is 15.5 Å². The average Bonchev–Trinajstić information content (AvgIpc) is 2.52. The number of likely N-dealkylation sites (N-methyl/N-ethyl adjacent to an activating group) is 1. The molecule has 0 aromatic heterocycles. The van der Waals surface area contributed by atoms with E-state index in [2.05, 4.69) is 15.6 Å². The molecule has 6 nitrogen and oxygen atoms in total. The van der Waals surface area contributed by atoms with Gasteiger partial charge in [0.1, 0.15) is 11.4 Å². The summed E-state index contributed by atoms with van der Waals surface area (Å²) in [5, 5.41) is 6.22. The maximum atomic E-state index is 13.5. The number of hydrogen-bond acceptors (Lipinski definition) is 3. The van der Waals surface area contributed by atoms with Crippen LogP contribution in [0.4, 0.5) is 9.18 Å². The molecule has 1 aromatic carbocycles. The van der Waals surface area contributed by atoms with Gasteiger partial charge in [0.15, 0.2) is 5.96 Å². The second-order valence-corrected chi connectivity index (χ2v) is 6.84. The van der Waals surface area contributed by atoms with E-state index < -0.39 is 5.60 Å². The normalized spacial score (nSPS) is 11.4. The summed E-state index contributed by atoms with van der Waals surface area (Å²) in [6.07, 6.45) is -0.368. The number of aliphatic imine (C=N–C) groups is 1. The smallest absolute Gasteiger partial charge is 0.410 e. The van der Waals surface area contributed by atoms with Crippen molar-refractivity contribution in [3.8, 4) is 0 Å². The first-order valence-electron chi connectivity index (χ1n) is 8.26. The molecule has 0 radical (unpaired) electrons. The number of amides is 1. The third-order valence-corrected chi connectivity index (χ3v) is 3.36. The van der Waals surface area contributed by atoms with Crippen LogP contribution in [0.15, 0.2) is 23.2 Å². The maximum absolute atomic E-state index is 13.5. The fourth-order valence-corrected chi connectivity index (χ4v) is 1.93. The molecule has 0 saturated heterocycles. The number of carbonyl (C=O) groups is 1. The second-order valence-electron chi connectivity index (χ2n) is 6.84. The summed E-state index contributed by atoms with van der Waals surface area (Å²) in [4.78, 5) is 17.5. The number of guanidine groups is 1. The van der Waals surface area contributed by atoms with Crippen molar-refractivity contribution in [2.45, 2.75) is 39.8 Å². The van der Waals surface area contributed by atoms with Crippen LogP contribution >= 0.6 is 24.0 Å². The minimum Gasteiger partial charge on any atom is -0.444 e. The van der Waals surface area contributed by atoms with Crippen LogP contribution in [0.2, 0.25) is 0 Å². The van der Waals surface area contributed by atoms with Gasteiger partial charge in [-0.15, -0.1) is 24.0 Å². The van der Waals surface area contributed by atoms with Gasteiger partial charge in [-0.05, 0) is 44.9 Å². The van der Waals surface area contributed by atoms with Crippen molar-refractivity contribution in [1.29, 1.82) is 0 Å². The van der Waals surface area contributed by atoms with E-state index in [0.29, 0.717) is 31.2 Å². The van der Waals surface area contributed by atoms with Gasteiger partial charge in [0.05, 0.1) is 0 Å². The highest BCUT2D eigenvalue weighted by Gasteiger charge is 2.19. The number of carbonyl (C=O) groups excluding carboxylic acids is 1. The number of aryl methyl sites for hydroxylation is 1. The Balaban J connectivity index is 0.00000625.